The molecule has 0 saturated heterocycles. The molecule has 0 spiro atoms. The van der Waals surface area contributed by atoms with Crippen molar-refractivity contribution in [3.63, 3.8) is 0 Å². The normalized spacial score (nSPS) is 11.6. The van der Waals surface area contributed by atoms with Gasteiger partial charge in [-0.05, 0) is 35.9 Å². The van der Waals surface area contributed by atoms with Gasteiger partial charge in [0.25, 0.3) is 5.95 Å². The van der Waals surface area contributed by atoms with Crippen LogP contribution in [0, 0.1) is 0 Å². The number of rotatable bonds is 3. The van der Waals surface area contributed by atoms with Crippen LogP contribution in [0.1, 0.15) is 0 Å². The van der Waals surface area contributed by atoms with Crippen molar-refractivity contribution >= 4 is 28.9 Å². The number of aromatic nitrogens is 3. The summed E-state index contributed by atoms with van der Waals surface area (Å²) in [6, 6.07) is 19.7. The van der Waals surface area contributed by atoms with Crippen molar-refractivity contribution in [2.75, 3.05) is 0 Å². The molecule has 2 heterocycles. The lowest BCUT2D eigenvalue weighted by Gasteiger charge is -2.09. The molecule has 122 valence electrons. The van der Waals surface area contributed by atoms with Gasteiger partial charge >= 0.3 is 0 Å². The molecule has 0 atom stereocenters. The number of benzene rings is 2. The van der Waals surface area contributed by atoms with Gasteiger partial charge in [0.05, 0.1) is 5.69 Å². The number of hydrogen-bond donors (Lipinski definition) is 0. The van der Waals surface area contributed by atoms with Crippen molar-refractivity contribution in [1.29, 1.82) is 0 Å². The lowest BCUT2D eigenvalue weighted by Crippen LogP contribution is -2.13. The molecule has 25 heavy (non-hydrogen) atoms. The summed E-state index contributed by atoms with van der Waals surface area (Å²) in [7, 11) is 0. The summed E-state index contributed by atoms with van der Waals surface area (Å²) in [6.45, 7) is 0. The molecular weight excluding hydrogens is 352 g/mol. The highest BCUT2D eigenvalue weighted by Gasteiger charge is 2.10. The molecule has 0 radical (unpaired) electrons. The van der Waals surface area contributed by atoms with Crippen LogP contribution in [0.2, 0.25) is 5.02 Å². The summed E-state index contributed by atoms with van der Waals surface area (Å²) >= 11 is 7.58. The minimum atomic E-state index is 0.441. The maximum absolute atomic E-state index is 6.03. The first kappa shape index (κ1) is 15.7. The Morgan fingerprint density at radius 2 is 1.60 bits per heavy atom. The largest absolute Gasteiger partial charge is 0.285 e. The van der Waals surface area contributed by atoms with E-state index in [0.29, 0.717) is 11.0 Å². The van der Waals surface area contributed by atoms with E-state index in [0.717, 1.165) is 21.7 Å². The smallest absolute Gasteiger partial charge is 0.251 e. The van der Waals surface area contributed by atoms with Crippen molar-refractivity contribution in [1.82, 2.24) is 14.5 Å². The maximum Gasteiger partial charge on any atom is 0.251 e. The van der Waals surface area contributed by atoms with Crippen LogP contribution in [0.25, 0.3) is 16.9 Å². The molecule has 0 amide bonds. The molecule has 2 aromatic heterocycles. The second-order valence-corrected chi connectivity index (χ2v) is 6.51. The second-order valence-electron chi connectivity index (χ2n) is 5.24. The first-order valence-corrected chi connectivity index (χ1v) is 8.91. The Kier molecular flexibility index (Phi) is 4.41. The predicted octanol–water partition coefficient (Wildman–Crippen LogP) is 4.88. The Balaban J connectivity index is 1.94. The molecule has 0 aliphatic rings. The average Bonchev–Trinajstić information content (AvgIpc) is 3.07. The van der Waals surface area contributed by atoms with Crippen LogP contribution in [-0.4, -0.2) is 14.5 Å². The minimum absolute atomic E-state index is 0.441. The number of thiazole rings is 1. The molecule has 0 aliphatic carbocycles. The number of halogens is 1. The van der Waals surface area contributed by atoms with Gasteiger partial charge < -0.3 is 0 Å². The Morgan fingerprint density at radius 1 is 0.880 bits per heavy atom. The van der Waals surface area contributed by atoms with E-state index in [-0.39, 0.29) is 0 Å². The second kappa shape index (κ2) is 7.01. The van der Waals surface area contributed by atoms with Crippen molar-refractivity contribution in [2.24, 2.45) is 4.99 Å². The summed E-state index contributed by atoms with van der Waals surface area (Å²) in [5.74, 6) is 0.441. The standard InChI is InChI=1S/C19H13ClN4S/c20-15-9-7-14(8-10-15)17-13-25-19(23-18-21-11-4-12-22-18)24(17)16-5-2-1-3-6-16/h1-13H/b23-19-. The van der Waals surface area contributed by atoms with Gasteiger partial charge in [0.2, 0.25) is 0 Å². The SMILES string of the molecule is Clc1ccc(-c2cs/c(=N\c3ncccn3)n2-c2ccccc2)cc1. The maximum atomic E-state index is 6.03. The summed E-state index contributed by atoms with van der Waals surface area (Å²) in [5, 5.41) is 2.80. The molecule has 0 N–H and O–H groups in total. The average molecular weight is 365 g/mol. The van der Waals surface area contributed by atoms with E-state index in [1.165, 1.54) is 0 Å². The summed E-state index contributed by atoms with van der Waals surface area (Å²) < 4.78 is 2.10. The zero-order chi connectivity index (χ0) is 17.1. The lowest BCUT2D eigenvalue weighted by molar-refractivity contribution is 0.988. The van der Waals surface area contributed by atoms with Gasteiger partial charge in [0.1, 0.15) is 0 Å². The van der Waals surface area contributed by atoms with Crippen LogP contribution >= 0.6 is 22.9 Å². The van der Waals surface area contributed by atoms with Gasteiger partial charge in [-0.3, -0.25) is 4.57 Å². The van der Waals surface area contributed by atoms with Crippen LogP contribution in [0.5, 0.6) is 0 Å². The molecule has 0 saturated carbocycles. The fourth-order valence-corrected chi connectivity index (χ4v) is 3.50. The summed E-state index contributed by atoms with van der Waals surface area (Å²) in [6.07, 6.45) is 3.37. The number of para-hydroxylation sites is 1. The third-order valence-electron chi connectivity index (χ3n) is 3.61. The third kappa shape index (κ3) is 3.38. The fourth-order valence-electron chi connectivity index (χ4n) is 2.47. The van der Waals surface area contributed by atoms with Crippen molar-refractivity contribution in [3.05, 3.63) is 88.3 Å². The minimum Gasteiger partial charge on any atom is -0.285 e. The third-order valence-corrected chi connectivity index (χ3v) is 4.69. The van der Waals surface area contributed by atoms with E-state index in [9.17, 15) is 0 Å². The van der Waals surface area contributed by atoms with Crippen LogP contribution in [0.15, 0.2) is 83.4 Å². The van der Waals surface area contributed by atoms with Crippen molar-refractivity contribution < 1.29 is 0 Å². The Hall–Kier alpha value is -2.76. The Morgan fingerprint density at radius 3 is 2.32 bits per heavy atom. The molecule has 2 aromatic carbocycles. The highest BCUT2D eigenvalue weighted by Crippen LogP contribution is 2.25. The van der Waals surface area contributed by atoms with E-state index in [1.54, 1.807) is 29.8 Å². The van der Waals surface area contributed by atoms with Gasteiger partial charge in [-0.15, -0.1) is 11.3 Å². The van der Waals surface area contributed by atoms with E-state index in [4.69, 9.17) is 11.6 Å². The first-order valence-electron chi connectivity index (χ1n) is 7.65. The molecule has 0 aliphatic heterocycles. The molecule has 0 fully saturated rings. The molecular formula is C19H13ClN4S. The number of hydrogen-bond acceptors (Lipinski definition) is 4. The molecule has 4 aromatic rings. The zero-order valence-corrected chi connectivity index (χ0v) is 14.7. The molecule has 4 rings (SSSR count). The molecule has 6 heteroatoms. The van der Waals surface area contributed by atoms with Crippen molar-refractivity contribution in [3.8, 4) is 16.9 Å². The number of nitrogens with zero attached hydrogens (tertiary/aromatic N) is 4. The van der Waals surface area contributed by atoms with Crippen LogP contribution in [0.4, 0.5) is 5.95 Å². The first-order chi connectivity index (χ1) is 12.3. The van der Waals surface area contributed by atoms with Crippen LogP contribution in [0.3, 0.4) is 0 Å². The van der Waals surface area contributed by atoms with Crippen LogP contribution in [-0.2, 0) is 0 Å². The zero-order valence-electron chi connectivity index (χ0n) is 13.1. The Bertz CT molecular complexity index is 1040. The molecule has 0 unspecified atom stereocenters. The monoisotopic (exact) mass is 364 g/mol. The topological polar surface area (TPSA) is 43.1 Å². The van der Waals surface area contributed by atoms with Crippen molar-refractivity contribution in [2.45, 2.75) is 0 Å². The van der Waals surface area contributed by atoms with E-state index in [1.807, 2.05) is 42.5 Å². The summed E-state index contributed by atoms with van der Waals surface area (Å²) in [4.78, 5) is 13.8. The van der Waals surface area contributed by atoms with E-state index < -0.39 is 0 Å². The highest BCUT2D eigenvalue weighted by molar-refractivity contribution is 7.07. The van der Waals surface area contributed by atoms with Crippen LogP contribution < -0.4 is 4.80 Å². The van der Waals surface area contributed by atoms with Gasteiger partial charge in [0.15, 0.2) is 4.80 Å². The molecule has 0 bridgehead atoms. The lowest BCUT2D eigenvalue weighted by atomic mass is 10.1. The predicted molar refractivity (Wildman–Crippen MR) is 101 cm³/mol. The fraction of sp³-hybridized carbons (Fsp3) is 0. The quantitative estimate of drug-likeness (QED) is 0.520. The van der Waals surface area contributed by atoms with Gasteiger partial charge in [0, 0.05) is 28.5 Å². The van der Waals surface area contributed by atoms with Gasteiger partial charge in [-0.25, -0.2) is 9.97 Å². The summed E-state index contributed by atoms with van der Waals surface area (Å²) in [5.41, 5.74) is 3.14. The molecule has 4 nitrogen and oxygen atoms in total. The van der Waals surface area contributed by atoms with E-state index in [2.05, 4.69) is 37.0 Å². The Labute approximate surface area is 153 Å². The van der Waals surface area contributed by atoms with Gasteiger partial charge in [-0.2, -0.15) is 4.99 Å². The van der Waals surface area contributed by atoms with Gasteiger partial charge in [-0.1, -0.05) is 41.9 Å². The highest BCUT2D eigenvalue weighted by atomic mass is 35.5. The van der Waals surface area contributed by atoms with E-state index >= 15 is 0 Å².